The van der Waals surface area contributed by atoms with E-state index in [1.165, 1.54) is 4.90 Å². The molecule has 190 valence electrons. The summed E-state index contributed by atoms with van der Waals surface area (Å²) in [6.45, 7) is 11.3. The maximum absolute atomic E-state index is 14.5. The highest BCUT2D eigenvalue weighted by Gasteiger charge is 2.77. The fourth-order valence-electron chi connectivity index (χ4n) is 6.20. The van der Waals surface area contributed by atoms with Gasteiger partial charge in [0.25, 0.3) is 5.91 Å². The molecule has 1 aromatic carbocycles. The molecule has 3 saturated heterocycles. The topological polar surface area (TPSA) is 107 Å². The zero-order chi connectivity index (χ0) is 25.8. The van der Waals surface area contributed by atoms with E-state index in [1.54, 1.807) is 11.0 Å². The number of fused-ring (bicyclic) bond motifs is 1. The summed E-state index contributed by atoms with van der Waals surface area (Å²) < 4.78 is 6.35. The first kappa shape index (κ1) is 25.9. The molecule has 0 saturated carbocycles. The lowest BCUT2D eigenvalue weighted by atomic mass is 9.70. The Morgan fingerprint density at radius 1 is 1.37 bits per heavy atom. The molecule has 1 unspecified atom stereocenters. The number of carbonyl (C=O) groups is 3. The second kappa shape index (κ2) is 9.33. The van der Waals surface area contributed by atoms with E-state index in [0.717, 1.165) is 11.1 Å². The molecular weight excluding hydrogens is 516 g/mol. The summed E-state index contributed by atoms with van der Waals surface area (Å²) in [5.41, 5.74) is 1.26. The number of rotatable bonds is 8. The summed E-state index contributed by atoms with van der Waals surface area (Å²) in [5, 5.41) is 20.3. The molecule has 1 aromatic rings. The number of aliphatic carboxylic acids is 1. The van der Waals surface area contributed by atoms with Crippen LogP contribution in [0.1, 0.15) is 31.4 Å². The standard InChI is InChI=1S/C26H33BrN2O6/c1-6-9-28(17-10-14(4)7-8-15(17)5)24(32)22-26-11-16(27)21(35-26)19(25(33)34)20(26)23(31)29(22)18(12-30)13(2)3/h6-8,10,13,16,18-22,30H,1,9,11-12H2,2-5H3,(H,33,34)/t16?,18-,19+,20-,21+,22+,26-/m0/s1. The minimum atomic E-state index is -1.30. The molecule has 9 heteroatoms. The summed E-state index contributed by atoms with van der Waals surface area (Å²) in [6.07, 6.45) is 1.25. The van der Waals surface area contributed by atoms with Crippen molar-refractivity contribution in [3.05, 3.63) is 42.0 Å². The average Bonchev–Trinajstić information content (AvgIpc) is 3.38. The summed E-state index contributed by atoms with van der Waals surface area (Å²) in [4.78, 5) is 43.4. The van der Waals surface area contributed by atoms with Gasteiger partial charge in [0.05, 0.1) is 30.6 Å². The third-order valence-corrected chi connectivity index (χ3v) is 8.64. The van der Waals surface area contributed by atoms with Crippen LogP contribution in [0.15, 0.2) is 30.9 Å². The van der Waals surface area contributed by atoms with E-state index in [1.807, 2.05) is 45.9 Å². The number of anilines is 1. The van der Waals surface area contributed by atoms with Crippen LogP contribution < -0.4 is 4.90 Å². The first-order chi connectivity index (χ1) is 16.5. The molecule has 0 aliphatic carbocycles. The number of aliphatic hydroxyl groups is 1. The number of carboxylic acids is 1. The third-order valence-electron chi connectivity index (χ3n) is 7.79. The average molecular weight is 549 g/mol. The predicted octanol–water partition coefficient (Wildman–Crippen LogP) is 2.67. The van der Waals surface area contributed by atoms with Crippen molar-refractivity contribution >= 4 is 39.4 Å². The molecule has 8 nitrogen and oxygen atoms in total. The number of hydrogen-bond donors (Lipinski definition) is 2. The van der Waals surface area contributed by atoms with Gasteiger partial charge in [0, 0.05) is 17.1 Å². The number of carbonyl (C=O) groups excluding carboxylic acids is 2. The van der Waals surface area contributed by atoms with E-state index in [2.05, 4.69) is 22.5 Å². The number of carboxylic acid groups (broad SMARTS) is 1. The fraction of sp³-hybridized carbons (Fsp3) is 0.577. The van der Waals surface area contributed by atoms with Crippen LogP contribution in [0.25, 0.3) is 0 Å². The van der Waals surface area contributed by atoms with Crippen LogP contribution in [0, 0.1) is 31.6 Å². The number of benzene rings is 1. The van der Waals surface area contributed by atoms with E-state index in [9.17, 15) is 24.6 Å². The van der Waals surface area contributed by atoms with Crippen molar-refractivity contribution in [3.63, 3.8) is 0 Å². The van der Waals surface area contributed by atoms with Crippen LogP contribution in [-0.2, 0) is 19.1 Å². The Labute approximate surface area is 214 Å². The molecule has 2 amide bonds. The SMILES string of the molecule is C=CCN(C(=O)[C@H]1N([C@@H](CO)C(C)C)C(=O)[C@@H]2[C@@H](C(=O)O)[C@@H]3O[C@@]21CC3Br)c1cc(C)ccc1C. The molecule has 3 heterocycles. The van der Waals surface area contributed by atoms with Gasteiger partial charge < -0.3 is 24.7 Å². The normalized spacial score (nSPS) is 32.1. The van der Waals surface area contributed by atoms with Crippen molar-refractivity contribution in [1.29, 1.82) is 0 Å². The minimum Gasteiger partial charge on any atom is -0.481 e. The van der Waals surface area contributed by atoms with Crippen molar-refractivity contribution in [2.45, 2.75) is 62.7 Å². The van der Waals surface area contributed by atoms with Gasteiger partial charge in [-0.1, -0.05) is 48.0 Å². The predicted molar refractivity (Wildman–Crippen MR) is 134 cm³/mol. The van der Waals surface area contributed by atoms with Crippen molar-refractivity contribution < 1.29 is 29.3 Å². The molecular formula is C26H33BrN2O6. The number of likely N-dealkylation sites (tertiary alicyclic amines) is 1. The number of hydrogen-bond acceptors (Lipinski definition) is 5. The van der Waals surface area contributed by atoms with E-state index >= 15 is 0 Å². The summed E-state index contributed by atoms with van der Waals surface area (Å²) in [5.74, 6) is -4.14. The highest BCUT2D eigenvalue weighted by atomic mass is 79.9. The number of aliphatic hydroxyl groups excluding tert-OH is 1. The van der Waals surface area contributed by atoms with Crippen LogP contribution in [0.5, 0.6) is 0 Å². The van der Waals surface area contributed by atoms with E-state index < -0.39 is 47.5 Å². The number of halogens is 1. The molecule has 0 radical (unpaired) electrons. The highest BCUT2D eigenvalue weighted by molar-refractivity contribution is 9.09. The van der Waals surface area contributed by atoms with Crippen molar-refractivity contribution in [2.75, 3.05) is 18.1 Å². The van der Waals surface area contributed by atoms with Crippen molar-refractivity contribution in [1.82, 2.24) is 4.90 Å². The Bertz CT molecular complexity index is 1060. The lowest BCUT2D eigenvalue weighted by Crippen LogP contribution is -2.60. The first-order valence-electron chi connectivity index (χ1n) is 12.0. The molecule has 1 spiro atoms. The van der Waals surface area contributed by atoms with Gasteiger partial charge in [0.15, 0.2) is 0 Å². The van der Waals surface area contributed by atoms with Crippen molar-refractivity contribution in [2.24, 2.45) is 17.8 Å². The molecule has 7 atom stereocenters. The molecule has 3 fully saturated rings. The Kier molecular flexibility index (Phi) is 6.89. The van der Waals surface area contributed by atoms with Gasteiger partial charge in [0.1, 0.15) is 11.6 Å². The molecule has 2 N–H and O–H groups in total. The Hall–Kier alpha value is -2.23. The highest BCUT2D eigenvalue weighted by Crippen LogP contribution is 2.60. The molecule has 35 heavy (non-hydrogen) atoms. The maximum atomic E-state index is 14.5. The monoisotopic (exact) mass is 548 g/mol. The lowest BCUT2D eigenvalue weighted by Gasteiger charge is -2.40. The Balaban J connectivity index is 1.89. The van der Waals surface area contributed by atoms with Crippen LogP contribution in [0.4, 0.5) is 5.69 Å². The van der Waals surface area contributed by atoms with Gasteiger partial charge in [-0.15, -0.1) is 6.58 Å². The molecule has 0 aromatic heterocycles. The maximum Gasteiger partial charge on any atom is 0.310 e. The van der Waals surface area contributed by atoms with E-state index in [4.69, 9.17) is 4.74 Å². The third kappa shape index (κ3) is 3.83. The number of amides is 2. The number of alkyl halides is 1. The van der Waals surface area contributed by atoms with Crippen LogP contribution >= 0.6 is 15.9 Å². The van der Waals surface area contributed by atoms with Gasteiger partial charge in [0.2, 0.25) is 5.91 Å². The largest absolute Gasteiger partial charge is 0.481 e. The van der Waals surface area contributed by atoms with Gasteiger partial charge in [-0.05, 0) is 43.4 Å². The molecule has 2 bridgehead atoms. The molecule has 3 aliphatic rings. The number of nitrogens with zero attached hydrogens (tertiary/aromatic N) is 2. The van der Waals surface area contributed by atoms with Gasteiger partial charge in [-0.2, -0.15) is 0 Å². The van der Waals surface area contributed by atoms with E-state index in [0.29, 0.717) is 12.1 Å². The van der Waals surface area contributed by atoms with Crippen molar-refractivity contribution in [3.8, 4) is 0 Å². The van der Waals surface area contributed by atoms with Gasteiger partial charge >= 0.3 is 5.97 Å². The lowest BCUT2D eigenvalue weighted by molar-refractivity contribution is -0.151. The zero-order valence-electron chi connectivity index (χ0n) is 20.5. The van der Waals surface area contributed by atoms with Gasteiger partial charge in [-0.3, -0.25) is 14.4 Å². The van der Waals surface area contributed by atoms with Crippen LogP contribution in [-0.4, -0.2) is 74.7 Å². The quantitative estimate of drug-likeness (QED) is 0.382. The summed E-state index contributed by atoms with van der Waals surface area (Å²) in [6, 6.07) is 4.08. The molecule has 3 aliphatic heterocycles. The summed E-state index contributed by atoms with van der Waals surface area (Å²) in [7, 11) is 0. The van der Waals surface area contributed by atoms with E-state index in [-0.39, 0.29) is 29.8 Å². The van der Waals surface area contributed by atoms with Crippen LogP contribution in [0.2, 0.25) is 0 Å². The Morgan fingerprint density at radius 2 is 2.06 bits per heavy atom. The smallest absolute Gasteiger partial charge is 0.310 e. The Morgan fingerprint density at radius 3 is 2.63 bits per heavy atom. The number of ether oxygens (including phenoxy) is 1. The number of aryl methyl sites for hydroxylation is 2. The first-order valence-corrected chi connectivity index (χ1v) is 12.9. The zero-order valence-corrected chi connectivity index (χ0v) is 22.1. The second-order valence-electron chi connectivity index (χ2n) is 10.3. The van der Waals surface area contributed by atoms with Gasteiger partial charge in [-0.25, -0.2) is 0 Å². The molecule has 4 rings (SSSR count). The van der Waals surface area contributed by atoms with Crippen LogP contribution in [0.3, 0.4) is 0 Å². The summed E-state index contributed by atoms with van der Waals surface area (Å²) >= 11 is 3.56. The fourth-order valence-corrected chi connectivity index (χ4v) is 7.14. The minimum absolute atomic E-state index is 0.164. The second-order valence-corrected chi connectivity index (χ2v) is 11.4.